The van der Waals surface area contributed by atoms with Crippen LogP contribution in [0.15, 0.2) is 18.2 Å². The average Bonchev–Trinajstić information content (AvgIpc) is 2.36. The molecule has 0 atom stereocenters. The van der Waals surface area contributed by atoms with Crippen LogP contribution in [0.5, 0.6) is 0 Å². The van der Waals surface area contributed by atoms with Crippen molar-refractivity contribution in [2.45, 2.75) is 25.6 Å². The summed E-state index contributed by atoms with van der Waals surface area (Å²) in [7, 11) is 1.69. The molecule has 0 aliphatic carbocycles. The van der Waals surface area contributed by atoms with Gasteiger partial charge in [0.2, 0.25) is 5.91 Å². The van der Waals surface area contributed by atoms with Crippen molar-refractivity contribution in [3.63, 3.8) is 0 Å². The third-order valence-electron chi connectivity index (χ3n) is 3.86. The molecule has 1 amide bonds. The Hall–Kier alpha value is -1.92. The number of halogens is 3. The van der Waals surface area contributed by atoms with Crippen molar-refractivity contribution in [3.8, 4) is 0 Å². The van der Waals surface area contributed by atoms with Crippen molar-refractivity contribution in [1.82, 2.24) is 4.90 Å². The van der Waals surface area contributed by atoms with Gasteiger partial charge in [-0.15, -0.1) is 0 Å². The maximum Gasteiger partial charge on any atom is 0.418 e. The van der Waals surface area contributed by atoms with E-state index in [2.05, 4.69) is 0 Å². The Kier molecular flexibility index (Phi) is 3.55. The van der Waals surface area contributed by atoms with Gasteiger partial charge >= 0.3 is 6.18 Å². The molecule has 1 fully saturated rings. The molecule has 2 rings (SSSR count). The van der Waals surface area contributed by atoms with E-state index < -0.39 is 17.3 Å². The third-order valence-corrected chi connectivity index (χ3v) is 3.86. The first kappa shape index (κ1) is 15.5. The third kappa shape index (κ3) is 2.64. The molecule has 21 heavy (non-hydrogen) atoms. The standard InChI is InChI=1S/C14H18F3N3O/c1-13(2)12(21)19(3)6-7-20(13)9-4-5-11(18)10(8-9)14(15,16)17/h4-5,8H,6-7,18H2,1-3H3. The summed E-state index contributed by atoms with van der Waals surface area (Å²) in [5.74, 6) is -0.126. The van der Waals surface area contributed by atoms with Crippen LogP contribution in [0.1, 0.15) is 19.4 Å². The lowest BCUT2D eigenvalue weighted by Crippen LogP contribution is -2.62. The molecule has 0 unspecified atom stereocenters. The van der Waals surface area contributed by atoms with E-state index in [1.54, 1.807) is 30.7 Å². The number of nitrogen functional groups attached to an aromatic ring is 1. The molecule has 1 aromatic carbocycles. The van der Waals surface area contributed by atoms with Crippen LogP contribution in [-0.4, -0.2) is 36.5 Å². The lowest BCUT2D eigenvalue weighted by molar-refractivity contribution is -0.137. The molecule has 0 spiro atoms. The highest BCUT2D eigenvalue weighted by Gasteiger charge is 2.41. The van der Waals surface area contributed by atoms with Crippen LogP contribution in [0.2, 0.25) is 0 Å². The lowest BCUT2D eigenvalue weighted by atomic mass is 9.96. The van der Waals surface area contributed by atoms with Crippen molar-refractivity contribution in [3.05, 3.63) is 23.8 Å². The van der Waals surface area contributed by atoms with Gasteiger partial charge in [0.25, 0.3) is 0 Å². The molecule has 1 aromatic rings. The average molecular weight is 301 g/mol. The van der Waals surface area contributed by atoms with Gasteiger partial charge in [0.15, 0.2) is 0 Å². The normalized spacial score (nSPS) is 19.0. The molecule has 4 nitrogen and oxygen atoms in total. The zero-order chi connectivity index (χ0) is 16.0. The number of anilines is 2. The zero-order valence-electron chi connectivity index (χ0n) is 12.2. The number of amides is 1. The van der Waals surface area contributed by atoms with Gasteiger partial charge in [0, 0.05) is 31.5 Å². The SMILES string of the molecule is CN1CCN(c2ccc(N)c(C(F)(F)F)c2)C(C)(C)C1=O. The minimum absolute atomic E-state index is 0.126. The van der Waals surface area contributed by atoms with Crippen molar-refractivity contribution in [1.29, 1.82) is 0 Å². The summed E-state index contributed by atoms with van der Waals surface area (Å²) < 4.78 is 38.9. The van der Waals surface area contributed by atoms with Crippen LogP contribution in [0.3, 0.4) is 0 Å². The van der Waals surface area contributed by atoms with E-state index in [1.165, 1.54) is 12.1 Å². The van der Waals surface area contributed by atoms with Crippen LogP contribution in [0.4, 0.5) is 24.5 Å². The molecule has 2 N–H and O–H groups in total. The fourth-order valence-corrected chi connectivity index (χ4v) is 2.62. The fraction of sp³-hybridized carbons (Fsp3) is 0.500. The van der Waals surface area contributed by atoms with E-state index in [4.69, 9.17) is 5.73 Å². The van der Waals surface area contributed by atoms with Crippen LogP contribution < -0.4 is 10.6 Å². The van der Waals surface area contributed by atoms with Crippen LogP contribution in [0, 0.1) is 0 Å². The number of rotatable bonds is 1. The predicted octanol–water partition coefficient (Wildman–Crippen LogP) is 2.34. The van der Waals surface area contributed by atoms with E-state index in [9.17, 15) is 18.0 Å². The van der Waals surface area contributed by atoms with Crippen molar-refractivity contribution < 1.29 is 18.0 Å². The van der Waals surface area contributed by atoms with Crippen molar-refractivity contribution in [2.24, 2.45) is 0 Å². The summed E-state index contributed by atoms with van der Waals surface area (Å²) in [6.45, 7) is 4.34. The number of piperazine rings is 1. The van der Waals surface area contributed by atoms with Crippen molar-refractivity contribution in [2.75, 3.05) is 30.8 Å². The Labute approximate surface area is 121 Å². The molecular formula is C14H18F3N3O. The molecular weight excluding hydrogens is 283 g/mol. The highest BCUT2D eigenvalue weighted by atomic mass is 19.4. The molecule has 7 heteroatoms. The molecule has 0 aromatic heterocycles. The number of hydrogen-bond donors (Lipinski definition) is 1. The molecule has 0 bridgehead atoms. The molecule has 116 valence electrons. The molecule has 1 aliphatic heterocycles. The van der Waals surface area contributed by atoms with E-state index in [0.29, 0.717) is 18.8 Å². The summed E-state index contributed by atoms with van der Waals surface area (Å²) in [5.41, 5.74) is 3.67. The number of carbonyl (C=O) groups is 1. The lowest BCUT2D eigenvalue weighted by Gasteiger charge is -2.46. The highest BCUT2D eigenvalue weighted by Crippen LogP contribution is 2.38. The second-order valence-electron chi connectivity index (χ2n) is 5.71. The second kappa shape index (κ2) is 4.82. The Morgan fingerprint density at radius 3 is 2.43 bits per heavy atom. The molecule has 0 saturated carbocycles. The van der Waals surface area contributed by atoms with Gasteiger partial charge in [-0.2, -0.15) is 13.2 Å². The maximum absolute atomic E-state index is 13.0. The summed E-state index contributed by atoms with van der Waals surface area (Å²) in [6, 6.07) is 3.76. The van der Waals surface area contributed by atoms with E-state index in [-0.39, 0.29) is 11.6 Å². The summed E-state index contributed by atoms with van der Waals surface area (Å²) in [6.07, 6.45) is -4.51. The number of hydrogen-bond acceptors (Lipinski definition) is 3. The van der Waals surface area contributed by atoms with Gasteiger partial charge < -0.3 is 15.5 Å². The Morgan fingerprint density at radius 1 is 1.24 bits per heavy atom. The first-order chi connectivity index (χ1) is 9.55. The monoisotopic (exact) mass is 301 g/mol. The smallest absolute Gasteiger partial charge is 0.398 e. The number of nitrogens with two attached hydrogens (primary N) is 1. The number of alkyl halides is 3. The minimum Gasteiger partial charge on any atom is -0.398 e. The summed E-state index contributed by atoms with van der Waals surface area (Å²) in [4.78, 5) is 15.5. The molecule has 1 aliphatic rings. The van der Waals surface area contributed by atoms with Crippen LogP contribution >= 0.6 is 0 Å². The highest BCUT2D eigenvalue weighted by molar-refractivity contribution is 5.90. The molecule has 1 saturated heterocycles. The molecule has 0 radical (unpaired) electrons. The topological polar surface area (TPSA) is 49.6 Å². The Morgan fingerprint density at radius 2 is 1.86 bits per heavy atom. The van der Waals surface area contributed by atoms with E-state index >= 15 is 0 Å². The van der Waals surface area contributed by atoms with Gasteiger partial charge in [0.1, 0.15) is 5.54 Å². The maximum atomic E-state index is 13.0. The van der Waals surface area contributed by atoms with Crippen LogP contribution in [0.25, 0.3) is 0 Å². The predicted molar refractivity (Wildman–Crippen MR) is 74.9 cm³/mol. The minimum atomic E-state index is -4.51. The van der Waals surface area contributed by atoms with Gasteiger partial charge in [-0.1, -0.05) is 0 Å². The Balaban J connectivity index is 2.45. The zero-order valence-corrected chi connectivity index (χ0v) is 12.2. The first-order valence-corrected chi connectivity index (χ1v) is 6.55. The summed E-state index contributed by atoms with van der Waals surface area (Å²) >= 11 is 0. The fourth-order valence-electron chi connectivity index (χ4n) is 2.62. The largest absolute Gasteiger partial charge is 0.418 e. The first-order valence-electron chi connectivity index (χ1n) is 6.55. The quantitative estimate of drug-likeness (QED) is 0.810. The van der Waals surface area contributed by atoms with Gasteiger partial charge in [-0.05, 0) is 32.0 Å². The Bertz CT molecular complexity index is 569. The number of carbonyl (C=O) groups excluding carboxylic acids is 1. The van der Waals surface area contributed by atoms with Crippen molar-refractivity contribution >= 4 is 17.3 Å². The summed E-state index contributed by atoms with van der Waals surface area (Å²) in [5, 5.41) is 0. The molecule has 1 heterocycles. The number of benzene rings is 1. The van der Waals surface area contributed by atoms with Gasteiger partial charge in [-0.25, -0.2) is 0 Å². The van der Waals surface area contributed by atoms with Gasteiger partial charge in [0.05, 0.1) is 5.56 Å². The number of likely N-dealkylation sites (N-methyl/N-ethyl adjacent to an activating group) is 1. The van der Waals surface area contributed by atoms with E-state index in [0.717, 1.165) is 6.07 Å². The van der Waals surface area contributed by atoms with Gasteiger partial charge in [-0.3, -0.25) is 4.79 Å². The second-order valence-corrected chi connectivity index (χ2v) is 5.71. The number of nitrogens with zero attached hydrogens (tertiary/aromatic N) is 2. The van der Waals surface area contributed by atoms with Crippen LogP contribution in [-0.2, 0) is 11.0 Å². The van der Waals surface area contributed by atoms with E-state index in [1.807, 2.05) is 0 Å².